The largest absolute Gasteiger partial charge is 0.417 e. The van der Waals surface area contributed by atoms with Gasteiger partial charge in [-0.2, -0.15) is 13.2 Å². The topological polar surface area (TPSA) is 0 Å². The van der Waals surface area contributed by atoms with Crippen molar-refractivity contribution in [1.82, 2.24) is 0 Å². The number of fused-ring (bicyclic) bond motifs is 1. The molecule has 0 fully saturated rings. The minimum atomic E-state index is -4.42. The molecule has 1 aromatic heterocycles. The van der Waals surface area contributed by atoms with Crippen LogP contribution in [0.3, 0.4) is 0 Å². The molecular formula is C22H14BrF3S. The van der Waals surface area contributed by atoms with Gasteiger partial charge in [-0.05, 0) is 45.8 Å². The molecule has 0 atom stereocenters. The highest BCUT2D eigenvalue weighted by Gasteiger charge is 2.34. The molecule has 0 saturated carbocycles. The highest BCUT2D eigenvalue weighted by atomic mass is 79.9. The lowest BCUT2D eigenvalue weighted by molar-refractivity contribution is -0.137. The summed E-state index contributed by atoms with van der Waals surface area (Å²) in [7, 11) is 0. The van der Waals surface area contributed by atoms with E-state index in [4.69, 9.17) is 0 Å². The van der Waals surface area contributed by atoms with Crippen LogP contribution in [0, 0.1) is 0 Å². The molecule has 1 heterocycles. The summed E-state index contributed by atoms with van der Waals surface area (Å²) in [6.07, 6.45) is -4.42. The number of hydrogen-bond donors (Lipinski definition) is 0. The van der Waals surface area contributed by atoms with E-state index in [1.807, 2.05) is 18.2 Å². The van der Waals surface area contributed by atoms with Gasteiger partial charge in [0.15, 0.2) is 0 Å². The summed E-state index contributed by atoms with van der Waals surface area (Å²) in [6.45, 7) is 0. The fourth-order valence-corrected chi connectivity index (χ4v) is 4.57. The lowest BCUT2D eigenvalue weighted by Gasteiger charge is -2.14. The number of halogens is 4. The fourth-order valence-electron chi connectivity index (χ4n) is 3.10. The summed E-state index contributed by atoms with van der Waals surface area (Å²) in [4.78, 5) is 0.835. The summed E-state index contributed by atoms with van der Waals surface area (Å²) in [5.74, 6) is 0. The van der Waals surface area contributed by atoms with Crippen LogP contribution in [0.25, 0.3) is 31.7 Å². The lowest BCUT2D eigenvalue weighted by Crippen LogP contribution is -2.07. The van der Waals surface area contributed by atoms with Gasteiger partial charge in [0.2, 0.25) is 0 Å². The molecule has 0 aliphatic rings. The van der Waals surface area contributed by atoms with Gasteiger partial charge in [-0.1, -0.05) is 70.5 Å². The molecule has 0 amide bonds. The summed E-state index contributed by atoms with van der Waals surface area (Å²) in [5.41, 5.74) is 1.89. The number of rotatable bonds is 3. The lowest BCUT2D eigenvalue weighted by atomic mass is 9.96. The summed E-state index contributed by atoms with van der Waals surface area (Å²) < 4.78 is 42.3. The quantitative estimate of drug-likeness (QED) is 0.278. The van der Waals surface area contributed by atoms with Gasteiger partial charge in [-0.15, -0.1) is 11.3 Å². The number of hydrogen-bond acceptors (Lipinski definition) is 1. The predicted molar refractivity (Wildman–Crippen MR) is 110 cm³/mol. The third kappa shape index (κ3) is 3.66. The second-order valence-corrected chi connectivity index (χ2v) is 7.89. The van der Waals surface area contributed by atoms with E-state index in [9.17, 15) is 13.2 Å². The van der Waals surface area contributed by atoms with E-state index in [2.05, 4.69) is 22.0 Å². The number of benzene rings is 3. The van der Waals surface area contributed by atoms with Gasteiger partial charge in [0.05, 0.1) is 5.56 Å². The Balaban J connectivity index is 1.85. The third-order valence-corrected chi connectivity index (χ3v) is 6.23. The van der Waals surface area contributed by atoms with E-state index < -0.39 is 11.7 Å². The van der Waals surface area contributed by atoms with Crippen molar-refractivity contribution in [2.24, 2.45) is 0 Å². The van der Waals surface area contributed by atoms with Crippen molar-refractivity contribution in [3.63, 3.8) is 0 Å². The Labute approximate surface area is 167 Å². The van der Waals surface area contributed by atoms with E-state index in [-0.39, 0.29) is 5.56 Å². The molecule has 5 heteroatoms. The summed E-state index contributed by atoms with van der Waals surface area (Å²) >= 11 is 4.95. The monoisotopic (exact) mass is 446 g/mol. The molecule has 0 aliphatic heterocycles. The van der Waals surface area contributed by atoms with E-state index in [0.29, 0.717) is 11.1 Å². The summed E-state index contributed by atoms with van der Waals surface area (Å²) in [6, 6.07) is 21.3. The molecule has 0 aliphatic carbocycles. The maximum absolute atomic E-state index is 13.7. The van der Waals surface area contributed by atoms with Gasteiger partial charge >= 0.3 is 6.18 Å². The Bertz CT molecular complexity index is 1100. The fraction of sp³-hybridized carbons (Fsp3) is 0.0909. The maximum Gasteiger partial charge on any atom is 0.417 e. The van der Waals surface area contributed by atoms with Crippen molar-refractivity contribution in [2.75, 3.05) is 0 Å². The van der Waals surface area contributed by atoms with E-state index in [1.165, 1.54) is 17.4 Å². The van der Waals surface area contributed by atoms with Crippen LogP contribution in [0.4, 0.5) is 13.2 Å². The minimum absolute atomic E-state index is 0.203. The summed E-state index contributed by atoms with van der Waals surface area (Å²) in [5, 5.41) is 1.79. The maximum atomic E-state index is 13.7. The minimum Gasteiger partial charge on any atom is -0.166 e. The van der Waals surface area contributed by atoms with Crippen molar-refractivity contribution in [3.8, 4) is 21.6 Å². The van der Waals surface area contributed by atoms with Crippen molar-refractivity contribution < 1.29 is 13.2 Å². The smallest absolute Gasteiger partial charge is 0.166 e. The predicted octanol–water partition coefficient (Wildman–Crippen LogP) is 8.15. The van der Waals surface area contributed by atoms with Crippen LogP contribution in [0.2, 0.25) is 0 Å². The second-order valence-electron chi connectivity index (χ2n) is 6.24. The normalized spacial score (nSPS) is 11.9. The molecule has 0 spiro atoms. The first-order valence-corrected chi connectivity index (χ1v) is 10.2. The van der Waals surface area contributed by atoms with Gasteiger partial charge in [0.25, 0.3) is 0 Å². The van der Waals surface area contributed by atoms with E-state index in [0.717, 1.165) is 25.9 Å². The van der Waals surface area contributed by atoms with Crippen LogP contribution in [-0.2, 0) is 11.5 Å². The van der Waals surface area contributed by atoms with Gasteiger partial charge in [-0.3, -0.25) is 0 Å². The van der Waals surface area contributed by atoms with Gasteiger partial charge in [0.1, 0.15) is 0 Å². The Hall–Kier alpha value is -2.11. The Kier molecular flexibility index (Phi) is 4.82. The van der Waals surface area contributed by atoms with Crippen LogP contribution in [-0.4, -0.2) is 0 Å². The SMILES string of the molecule is FC(F)(F)c1cc(-c2cc3ccc(CBr)cc3s2)ccc1-c1ccccc1. The molecule has 27 heavy (non-hydrogen) atoms. The molecule has 0 nitrogen and oxygen atoms in total. The number of thiophene rings is 1. The zero-order valence-corrected chi connectivity index (χ0v) is 16.5. The zero-order valence-electron chi connectivity index (χ0n) is 14.1. The average molecular weight is 447 g/mol. The van der Waals surface area contributed by atoms with E-state index in [1.54, 1.807) is 42.5 Å². The standard InChI is InChI=1S/C22H14BrF3S/c23-13-14-6-7-17-12-21(27-20(17)10-14)16-8-9-18(15-4-2-1-3-5-15)19(11-16)22(24,25)26/h1-12H,13H2. The third-order valence-electron chi connectivity index (χ3n) is 4.43. The molecule has 0 saturated heterocycles. The highest BCUT2D eigenvalue weighted by Crippen LogP contribution is 2.41. The van der Waals surface area contributed by atoms with Gasteiger partial charge in [0, 0.05) is 14.9 Å². The van der Waals surface area contributed by atoms with Crippen LogP contribution in [0.5, 0.6) is 0 Å². The molecule has 0 N–H and O–H groups in total. The average Bonchev–Trinajstić information content (AvgIpc) is 3.10. The molecule has 136 valence electrons. The first kappa shape index (κ1) is 18.3. The zero-order chi connectivity index (χ0) is 19.0. The molecule has 0 unspecified atom stereocenters. The van der Waals surface area contributed by atoms with Gasteiger partial charge < -0.3 is 0 Å². The van der Waals surface area contributed by atoms with Crippen LogP contribution < -0.4 is 0 Å². The first-order valence-electron chi connectivity index (χ1n) is 8.31. The van der Waals surface area contributed by atoms with Gasteiger partial charge in [-0.25, -0.2) is 0 Å². The Morgan fingerprint density at radius 1 is 0.815 bits per heavy atom. The molecule has 4 rings (SSSR count). The second kappa shape index (κ2) is 7.13. The molecule has 4 aromatic rings. The molecule has 0 radical (unpaired) electrons. The van der Waals surface area contributed by atoms with Crippen LogP contribution in [0.1, 0.15) is 11.1 Å². The van der Waals surface area contributed by atoms with Crippen molar-refractivity contribution in [3.05, 3.63) is 83.9 Å². The number of alkyl halides is 4. The van der Waals surface area contributed by atoms with Crippen molar-refractivity contribution >= 4 is 37.4 Å². The Morgan fingerprint density at radius 2 is 1.59 bits per heavy atom. The molecule has 0 bridgehead atoms. The van der Waals surface area contributed by atoms with Crippen LogP contribution in [0.15, 0.2) is 72.8 Å². The molecule has 3 aromatic carbocycles. The molecular weight excluding hydrogens is 433 g/mol. The van der Waals surface area contributed by atoms with Crippen molar-refractivity contribution in [2.45, 2.75) is 11.5 Å². The van der Waals surface area contributed by atoms with Crippen LogP contribution >= 0.6 is 27.3 Å². The first-order chi connectivity index (χ1) is 13.0. The van der Waals surface area contributed by atoms with Crippen molar-refractivity contribution in [1.29, 1.82) is 0 Å². The Morgan fingerprint density at radius 3 is 2.30 bits per heavy atom. The van der Waals surface area contributed by atoms with E-state index >= 15 is 0 Å². The highest BCUT2D eigenvalue weighted by molar-refractivity contribution is 9.08.